The van der Waals surface area contributed by atoms with Crippen molar-refractivity contribution in [1.82, 2.24) is 9.21 Å². The second-order valence-electron chi connectivity index (χ2n) is 5.95. The van der Waals surface area contributed by atoms with Crippen LogP contribution in [0.15, 0.2) is 53.4 Å². The van der Waals surface area contributed by atoms with Crippen molar-refractivity contribution in [2.75, 3.05) is 20.6 Å². The standard InChI is InChI=1S/C18H20ClFN2O3S/c1-13(14-4-8-16(20)9-5-14)22(3)18(23)12-21(2)26(24,25)17-10-6-15(19)7-11-17/h4-11,13H,12H2,1-3H3. The van der Waals surface area contributed by atoms with Gasteiger partial charge in [0, 0.05) is 19.1 Å². The van der Waals surface area contributed by atoms with E-state index < -0.39 is 10.0 Å². The highest BCUT2D eigenvalue weighted by Crippen LogP contribution is 2.21. The van der Waals surface area contributed by atoms with E-state index in [1.54, 1.807) is 26.1 Å². The highest BCUT2D eigenvalue weighted by Gasteiger charge is 2.26. The molecule has 0 saturated heterocycles. The third-order valence-electron chi connectivity index (χ3n) is 4.21. The SMILES string of the molecule is CC(c1ccc(F)cc1)N(C)C(=O)CN(C)S(=O)(=O)c1ccc(Cl)cc1. The topological polar surface area (TPSA) is 57.7 Å². The predicted molar refractivity (Wildman–Crippen MR) is 98.9 cm³/mol. The van der Waals surface area contributed by atoms with Gasteiger partial charge in [0.2, 0.25) is 15.9 Å². The molecule has 0 fully saturated rings. The van der Waals surface area contributed by atoms with Crippen molar-refractivity contribution in [2.45, 2.75) is 17.9 Å². The summed E-state index contributed by atoms with van der Waals surface area (Å²) in [7, 11) is -0.875. The van der Waals surface area contributed by atoms with Gasteiger partial charge in [0.15, 0.2) is 0 Å². The fourth-order valence-corrected chi connectivity index (χ4v) is 3.60. The van der Waals surface area contributed by atoms with E-state index >= 15 is 0 Å². The number of benzene rings is 2. The zero-order chi connectivity index (χ0) is 19.5. The number of rotatable bonds is 6. The summed E-state index contributed by atoms with van der Waals surface area (Å²) < 4.78 is 39.1. The van der Waals surface area contributed by atoms with Crippen molar-refractivity contribution in [3.8, 4) is 0 Å². The molecule has 2 aromatic rings. The Morgan fingerprint density at radius 1 is 1.08 bits per heavy atom. The minimum Gasteiger partial charge on any atom is -0.338 e. The fourth-order valence-electron chi connectivity index (χ4n) is 2.35. The average molecular weight is 399 g/mol. The zero-order valence-electron chi connectivity index (χ0n) is 14.7. The predicted octanol–water partition coefficient (Wildman–Crippen LogP) is 3.32. The first-order valence-electron chi connectivity index (χ1n) is 7.86. The van der Waals surface area contributed by atoms with E-state index in [-0.39, 0.29) is 29.2 Å². The van der Waals surface area contributed by atoms with Crippen LogP contribution in [-0.4, -0.2) is 44.2 Å². The molecule has 0 aliphatic carbocycles. The molecule has 0 aromatic heterocycles. The number of nitrogens with zero attached hydrogens (tertiary/aromatic N) is 2. The summed E-state index contributed by atoms with van der Waals surface area (Å²) >= 11 is 5.78. The molecule has 5 nitrogen and oxygen atoms in total. The van der Waals surface area contributed by atoms with Gasteiger partial charge in [0.25, 0.3) is 0 Å². The molecule has 8 heteroatoms. The summed E-state index contributed by atoms with van der Waals surface area (Å²) in [6.07, 6.45) is 0. The van der Waals surface area contributed by atoms with Crippen molar-refractivity contribution in [3.05, 3.63) is 64.9 Å². The van der Waals surface area contributed by atoms with Crippen molar-refractivity contribution in [2.24, 2.45) is 0 Å². The Labute approximate surface area is 158 Å². The number of hydrogen-bond acceptors (Lipinski definition) is 3. The van der Waals surface area contributed by atoms with Gasteiger partial charge in [-0.25, -0.2) is 12.8 Å². The third kappa shape index (κ3) is 4.60. The fraction of sp³-hybridized carbons (Fsp3) is 0.278. The van der Waals surface area contributed by atoms with Crippen LogP contribution in [0.5, 0.6) is 0 Å². The van der Waals surface area contributed by atoms with Crippen molar-refractivity contribution < 1.29 is 17.6 Å². The van der Waals surface area contributed by atoms with Crippen molar-refractivity contribution in [1.29, 1.82) is 0 Å². The van der Waals surface area contributed by atoms with Gasteiger partial charge in [0.1, 0.15) is 5.82 Å². The van der Waals surface area contributed by atoms with E-state index in [1.807, 2.05) is 0 Å². The molecule has 0 saturated carbocycles. The normalized spacial score (nSPS) is 12.8. The number of amides is 1. The van der Waals surface area contributed by atoms with Crippen LogP contribution >= 0.6 is 11.6 Å². The van der Waals surface area contributed by atoms with Gasteiger partial charge in [0.05, 0.1) is 17.5 Å². The number of carbonyl (C=O) groups excluding carboxylic acids is 1. The van der Waals surface area contributed by atoms with Crippen LogP contribution in [-0.2, 0) is 14.8 Å². The first kappa shape index (κ1) is 20.4. The summed E-state index contributed by atoms with van der Waals surface area (Å²) in [5.74, 6) is -0.731. The van der Waals surface area contributed by atoms with Gasteiger partial charge in [-0.15, -0.1) is 0 Å². The quantitative estimate of drug-likeness (QED) is 0.750. The molecule has 0 radical (unpaired) electrons. The number of hydrogen-bond donors (Lipinski definition) is 0. The van der Waals surface area contributed by atoms with Crippen LogP contribution in [0.1, 0.15) is 18.5 Å². The molecule has 26 heavy (non-hydrogen) atoms. The summed E-state index contributed by atoms with van der Waals surface area (Å²) in [6.45, 7) is 1.48. The number of likely N-dealkylation sites (N-methyl/N-ethyl adjacent to an activating group) is 2. The number of halogens is 2. The second kappa shape index (κ2) is 8.16. The molecule has 0 bridgehead atoms. The molecule has 140 valence electrons. The lowest BCUT2D eigenvalue weighted by Gasteiger charge is -2.27. The maximum Gasteiger partial charge on any atom is 0.243 e. The Balaban J connectivity index is 2.09. The van der Waals surface area contributed by atoms with Crippen LogP contribution < -0.4 is 0 Å². The summed E-state index contributed by atoms with van der Waals surface area (Å²) in [5.41, 5.74) is 0.755. The lowest BCUT2D eigenvalue weighted by Crippen LogP contribution is -2.40. The Bertz CT molecular complexity index is 870. The average Bonchev–Trinajstić information content (AvgIpc) is 2.61. The minimum atomic E-state index is -3.80. The number of carbonyl (C=O) groups is 1. The van der Waals surface area contributed by atoms with Crippen molar-refractivity contribution in [3.63, 3.8) is 0 Å². The molecule has 1 amide bonds. The van der Waals surface area contributed by atoms with Gasteiger partial charge < -0.3 is 4.90 Å². The molecule has 2 rings (SSSR count). The largest absolute Gasteiger partial charge is 0.338 e. The van der Waals surface area contributed by atoms with E-state index in [9.17, 15) is 17.6 Å². The molecule has 0 spiro atoms. The molecule has 1 atom stereocenters. The third-order valence-corrected chi connectivity index (χ3v) is 6.28. The monoisotopic (exact) mass is 398 g/mol. The molecule has 2 aromatic carbocycles. The second-order valence-corrected chi connectivity index (χ2v) is 8.43. The summed E-state index contributed by atoms with van der Waals surface area (Å²) in [4.78, 5) is 14.0. The summed E-state index contributed by atoms with van der Waals surface area (Å²) in [5, 5.41) is 0.426. The van der Waals surface area contributed by atoms with E-state index in [0.717, 1.165) is 9.87 Å². The summed E-state index contributed by atoms with van der Waals surface area (Å²) in [6, 6.07) is 11.3. The molecule has 0 heterocycles. The Morgan fingerprint density at radius 3 is 2.15 bits per heavy atom. The molecular weight excluding hydrogens is 379 g/mol. The highest BCUT2D eigenvalue weighted by atomic mass is 35.5. The van der Waals surface area contributed by atoms with E-state index in [2.05, 4.69) is 0 Å². The Kier molecular flexibility index (Phi) is 6.39. The van der Waals surface area contributed by atoms with Gasteiger partial charge in [-0.05, 0) is 48.9 Å². The maximum absolute atomic E-state index is 13.0. The molecule has 1 unspecified atom stereocenters. The smallest absolute Gasteiger partial charge is 0.243 e. The zero-order valence-corrected chi connectivity index (χ0v) is 16.3. The highest BCUT2D eigenvalue weighted by molar-refractivity contribution is 7.89. The van der Waals surface area contributed by atoms with E-state index in [4.69, 9.17) is 11.6 Å². The Morgan fingerprint density at radius 2 is 1.62 bits per heavy atom. The Hall–Kier alpha value is -1.96. The molecular formula is C18H20ClFN2O3S. The maximum atomic E-state index is 13.0. The number of sulfonamides is 1. The van der Waals surface area contributed by atoms with Crippen LogP contribution in [0.2, 0.25) is 5.02 Å². The van der Waals surface area contributed by atoms with E-state index in [1.165, 1.54) is 48.3 Å². The van der Waals surface area contributed by atoms with E-state index in [0.29, 0.717) is 5.02 Å². The minimum absolute atomic E-state index is 0.0615. The van der Waals surface area contributed by atoms with Gasteiger partial charge in [-0.1, -0.05) is 23.7 Å². The molecule has 0 aliphatic rings. The van der Waals surface area contributed by atoms with Crippen LogP contribution in [0.25, 0.3) is 0 Å². The lowest BCUT2D eigenvalue weighted by molar-refractivity contribution is -0.131. The van der Waals surface area contributed by atoms with Gasteiger partial charge in [-0.3, -0.25) is 4.79 Å². The lowest BCUT2D eigenvalue weighted by atomic mass is 10.1. The van der Waals surface area contributed by atoms with Crippen LogP contribution in [0, 0.1) is 5.82 Å². The molecule has 0 aliphatic heterocycles. The molecule has 0 N–H and O–H groups in total. The first-order valence-corrected chi connectivity index (χ1v) is 9.67. The van der Waals surface area contributed by atoms with Crippen LogP contribution in [0.4, 0.5) is 4.39 Å². The van der Waals surface area contributed by atoms with Gasteiger partial charge >= 0.3 is 0 Å². The first-order chi connectivity index (χ1) is 12.1. The van der Waals surface area contributed by atoms with Crippen LogP contribution in [0.3, 0.4) is 0 Å². The van der Waals surface area contributed by atoms with Crippen molar-refractivity contribution >= 4 is 27.5 Å². The van der Waals surface area contributed by atoms with Gasteiger partial charge in [-0.2, -0.15) is 4.31 Å².